The van der Waals surface area contributed by atoms with Crippen molar-refractivity contribution in [3.05, 3.63) is 70.7 Å². The molecule has 0 aliphatic carbocycles. The van der Waals surface area contributed by atoms with Crippen LogP contribution in [-0.2, 0) is 15.9 Å². The highest BCUT2D eigenvalue weighted by Gasteiger charge is 2.37. The predicted molar refractivity (Wildman–Crippen MR) is 157 cm³/mol. The van der Waals surface area contributed by atoms with E-state index < -0.39 is 23.4 Å². The Kier molecular flexibility index (Phi) is 8.77. The molecule has 0 aliphatic heterocycles. The number of amides is 3. The number of pyridine rings is 1. The fourth-order valence-corrected chi connectivity index (χ4v) is 4.05. The first-order chi connectivity index (χ1) is 18.5. The number of allylic oxidation sites excluding steroid dienone is 1. The average Bonchev–Trinajstić information content (AvgIpc) is 3.12. The van der Waals surface area contributed by atoms with Gasteiger partial charge in [-0.2, -0.15) is 4.90 Å². The Labute approximate surface area is 236 Å². The van der Waals surface area contributed by atoms with E-state index in [0.717, 1.165) is 10.5 Å². The number of carbonyl (C=O) groups excluding carboxylic acids is 3. The van der Waals surface area contributed by atoms with Gasteiger partial charge in [-0.25, -0.2) is 14.6 Å². The van der Waals surface area contributed by atoms with Gasteiger partial charge in [-0.1, -0.05) is 42.5 Å². The summed E-state index contributed by atoms with van der Waals surface area (Å²) in [6, 6.07) is 11.5. The van der Waals surface area contributed by atoms with Crippen molar-refractivity contribution in [3.8, 4) is 0 Å². The molecule has 0 atom stereocenters. The lowest BCUT2D eigenvalue weighted by Crippen LogP contribution is -2.44. The fourth-order valence-electron chi connectivity index (χ4n) is 4.05. The van der Waals surface area contributed by atoms with Gasteiger partial charge in [0.05, 0.1) is 5.69 Å². The normalized spacial score (nSPS) is 12.1. The largest absolute Gasteiger partial charge is 0.443 e. The van der Waals surface area contributed by atoms with Crippen LogP contribution < -0.4 is 4.90 Å². The standard InChI is InChI=1S/C31H40N4O5/c1-20-21(2)34-24(27(36)33(9)10)19-23(18-14-17-22-15-12-11-13-16-22)25(26(34)32-20)35(28(37)39-30(3,4)5)29(38)40-31(6,7)8/h11-17,19H,18H2,1-10H3/b17-14+. The number of carbonyl (C=O) groups is 3. The summed E-state index contributed by atoms with van der Waals surface area (Å²) in [7, 11) is 3.34. The summed E-state index contributed by atoms with van der Waals surface area (Å²) < 4.78 is 13.0. The number of hydrogen-bond acceptors (Lipinski definition) is 6. The first-order valence-corrected chi connectivity index (χ1v) is 13.2. The van der Waals surface area contributed by atoms with Crippen LogP contribution in [0.3, 0.4) is 0 Å². The zero-order valence-electron chi connectivity index (χ0n) is 25.2. The number of rotatable bonds is 5. The molecule has 3 aromatic rings. The molecule has 3 rings (SSSR count). The summed E-state index contributed by atoms with van der Waals surface area (Å²) in [5.74, 6) is -0.244. The molecule has 3 amide bonds. The molecule has 0 saturated carbocycles. The van der Waals surface area contributed by atoms with Crippen molar-refractivity contribution < 1.29 is 23.9 Å². The first kappa shape index (κ1) is 30.4. The van der Waals surface area contributed by atoms with E-state index >= 15 is 0 Å². The number of fused-ring (bicyclic) bond motifs is 1. The zero-order valence-corrected chi connectivity index (χ0v) is 25.2. The molecule has 2 heterocycles. The number of ether oxygens (including phenoxy) is 2. The van der Waals surface area contributed by atoms with E-state index in [0.29, 0.717) is 29.1 Å². The van der Waals surface area contributed by atoms with Crippen molar-refractivity contribution >= 4 is 35.5 Å². The Morgan fingerprint density at radius 1 is 0.925 bits per heavy atom. The summed E-state index contributed by atoms with van der Waals surface area (Å²) in [6.45, 7) is 14.0. The lowest BCUT2D eigenvalue weighted by Gasteiger charge is -2.30. The van der Waals surface area contributed by atoms with Gasteiger partial charge in [-0.3, -0.25) is 9.20 Å². The number of benzene rings is 1. The van der Waals surface area contributed by atoms with E-state index in [1.165, 1.54) is 4.90 Å². The van der Waals surface area contributed by atoms with Crippen LogP contribution in [-0.4, -0.2) is 57.7 Å². The maximum Gasteiger partial charge on any atom is 0.424 e. The molecule has 0 saturated heterocycles. The predicted octanol–water partition coefficient (Wildman–Crippen LogP) is 6.59. The summed E-state index contributed by atoms with van der Waals surface area (Å²) in [5, 5.41) is 0. The van der Waals surface area contributed by atoms with Crippen LogP contribution >= 0.6 is 0 Å². The van der Waals surface area contributed by atoms with Crippen molar-refractivity contribution in [3.63, 3.8) is 0 Å². The SMILES string of the molecule is Cc1nc2c(N(C(=O)OC(C)(C)C)C(=O)OC(C)(C)C)c(C/C=C/c3ccccc3)cc(C(=O)N(C)C)n2c1C. The quantitative estimate of drug-likeness (QED) is 0.357. The summed E-state index contributed by atoms with van der Waals surface area (Å²) in [5.41, 5.74) is 1.95. The van der Waals surface area contributed by atoms with E-state index in [1.807, 2.05) is 56.3 Å². The highest BCUT2D eigenvalue weighted by molar-refractivity contribution is 6.13. The van der Waals surface area contributed by atoms with Gasteiger partial charge in [0, 0.05) is 19.8 Å². The van der Waals surface area contributed by atoms with Crippen molar-refractivity contribution in [1.29, 1.82) is 0 Å². The van der Waals surface area contributed by atoms with Crippen LogP contribution in [0.15, 0.2) is 42.5 Å². The number of imidazole rings is 1. The molecule has 2 aromatic heterocycles. The monoisotopic (exact) mass is 548 g/mol. The summed E-state index contributed by atoms with van der Waals surface area (Å²) in [4.78, 5) is 47.8. The third-order valence-corrected chi connectivity index (χ3v) is 5.86. The Morgan fingerprint density at radius 2 is 1.48 bits per heavy atom. The Balaban J connectivity index is 2.36. The molecule has 0 radical (unpaired) electrons. The van der Waals surface area contributed by atoms with Crippen LogP contribution in [0.1, 0.15) is 74.5 Å². The van der Waals surface area contributed by atoms with E-state index in [2.05, 4.69) is 0 Å². The van der Waals surface area contributed by atoms with Gasteiger partial charge in [0.1, 0.15) is 22.6 Å². The first-order valence-electron chi connectivity index (χ1n) is 13.2. The van der Waals surface area contributed by atoms with Gasteiger partial charge in [-0.15, -0.1) is 0 Å². The molecule has 0 bridgehead atoms. The number of aromatic nitrogens is 2. The number of nitrogens with zero attached hydrogens (tertiary/aromatic N) is 4. The van der Waals surface area contributed by atoms with Crippen molar-refractivity contribution in [2.45, 2.75) is 73.0 Å². The van der Waals surface area contributed by atoms with Crippen molar-refractivity contribution in [1.82, 2.24) is 14.3 Å². The van der Waals surface area contributed by atoms with Crippen LogP contribution in [0.25, 0.3) is 11.7 Å². The molecule has 0 N–H and O–H groups in total. The second-order valence-corrected chi connectivity index (χ2v) is 11.9. The minimum atomic E-state index is -0.901. The molecule has 0 aliphatic rings. The second kappa shape index (κ2) is 11.5. The van der Waals surface area contributed by atoms with Crippen LogP contribution in [0.5, 0.6) is 0 Å². The van der Waals surface area contributed by atoms with Gasteiger partial charge in [0.25, 0.3) is 5.91 Å². The van der Waals surface area contributed by atoms with Gasteiger partial charge < -0.3 is 14.4 Å². The highest BCUT2D eigenvalue weighted by atomic mass is 16.6. The van der Waals surface area contributed by atoms with Gasteiger partial charge in [0.2, 0.25) is 0 Å². The Bertz CT molecular complexity index is 1410. The van der Waals surface area contributed by atoms with Gasteiger partial charge >= 0.3 is 12.2 Å². The number of anilines is 1. The minimum absolute atomic E-state index is 0.202. The summed E-state index contributed by atoms with van der Waals surface area (Å²) >= 11 is 0. The minimum Gasteiger partial charge on any atom is -0.443 e. The van der Waals surface area contributed by atoms with Gasteiger partial charge in [-0.05, 0) is 79.0 Å². The number of hydrogen-bond donors (Lipinski definition) is 0. The molecule has 214 valence electrons. The van der Waals surface area contributed by atoms with Crippen molar-refractivity contribution in [2.24, 2.45) is 0 Å². The van der Waals surface area contributed by atoms with E-state index in [4.69, 9.17) is 14.5 Å². The van der Waals surface area contributed by atoms with Gasteiger partial charge in [0.15, 0.2) is 5.65 Å². The molecule has 0 fully saturated rings. The maximum absolute atomic E-state index is 13.7. The second-order valence-electron chi connectivity index (χ2n) is 11.9. The Hall–Kier alpha value is -4.14. The third kappa shape index (κ3) is 7.08. The third-order valence-electron chi connectivity index (χ3n) is 5.86. The summed E-state index contributed by atoms with van der Waals surface area (Å²) in [6.07, 6.45) is 2.35. The molecular formula is C31H40N4O5. The van der Waals surface area contributed by atoms with E-state index in [9.17, 15) is 14.4 Å². The van der Waals surface area contributed by atoms with Crippen LogP contribution in [0.2, 0.25) is 0 Å². The van der Waals surface area contributed by atoms with Crippen molar-refractivity contribution in [2.75, 3.05) is 19.0 Å². The molecule has 40 heavy (non-hydrogen) atoms. The topological polar surface area (TPSA) is 93.5 Å². The molecule has 0 spiro atoms. The average molecular weight is 549 g/mol. The lowest BCUT2D eigenvalue weighted by atomic mass is 10.1. The lowest BCUT2D eigenvalue weighted by molar-refractivity contribution is 0.0430. The molecule has 9 nitrogen and oxygen atoms in total. The Morgan fingerprint density at radius 3 is 1.98 bits per heavy atom. The molecule has 0 unspecified atom stereocenters. The van der Waals surface area contributed by atoms with Crippen LogP contribution in [0, 0.1) is 13.8 Å². The number of aryl methyl sites for hydroxylation is 2. The zero-order chi connectivity index (χ0) is 30.0. The van der Waals surface area contributed by atoms with E-state index in [-0.39, 0.29) is 17.2 Å². The number of imide groups is 1. The van der Waals surface area contributed by atoms with E-state index in [1.54, 1.807) is 66.1 Å². The molecule has 9 heteroatoms. The fraction of sp³-hybridized carbons (Fsp3) is 0.419. The molecular weight excluding hydrogens is 508 g/mol. The smallest absolute Gasteiger partial charge is 0.424 e. The molecule has 1 aromatic carbocycles. The van der Waals surface area contributed by atoms with Crippen LogP contribution in [0.4, 0.5) is 15.3 Å². The maximum atomic E-state index is 13.7. The highest BCUT2D eigenvalue weighted by Crippen LogP contribution is 2.33.